The number of halogens is 1. The van der Waals surface area contributed by atoms with Gasteiger partial charge >= 0.3 is 0 Å². The highest BCUT2D eigenvalue weighted by Crippen LogP contribution is 2.24. The van der Waals surface area contributed by atoms with Crippen LogP contribution in [0.1, 0.15) is 19.3 Å². The SMILES string of the molecule is CN(C)c1nccc(N2CCCCC2CBr)n1. The predicted octanol–water partition coefficient (Wildman–Crippen LogP) is 2.30. The van der Waals surface area contributed by atoms with Gasteiger partial charge in [-0.1, -0.05) is 15.9 Å². The van der Waals surface area contributed by atoms with E-state index in [-0.39, 0.29) is 0 Å². The monoisotopic (exact) mass is 298 g/mol. The van der Waals surface area contributed by atoms with E-state index in [1.54, 1.807) is 0 Å². The topological polar surface area (TPSA) is 32.3 Å². The summed E-state index contributed by atoms with van der Waals surface area (Å²) in [6, 6.07) is 2.57. The summed E-state index contributed by atoms with van der Waals surface area (Å²) in [7, 11) is 3.94. The summed E-state index contributed by atoms with van der Waals surface area (Å²) in [5.41, 5.74) is 0. The summed E-state index contributed by atoms with van der Waals surface area (Å²) in [4.78, 5) is 13.2. The van der Waals surface area contributed by atoms with Crippen LogP contribution in [0.25, 0.3) is 0 Å². The van der Waals surface area contributed by atoms with E-state index in [1.165, 1.54) is 19.3 Å². The predicted molar refractivity (Wildman–Crippen MR) is 75.1 cm³/mol. The molecule has 0 spiro atoms. The first-order valence-electron chi connectivity index (χ1n) is 6.05. The average Bonchev–Trinajstić information content (AvgIpc) is 2.39. The summed E-state index contributed by atoms with van der Waals surface area (Å²) in [5, 5.41) is 1.01. The normalized spacial score (nSPS) is 20.4. The molecule has 0 amide bonds. The Morgan fingerprint density at radius 2 is 2.29 bits per heavy atom. The van der Waals surface area contributed by atoms with E-state index < -0.39 is 0 Å². The number of anilines is 2. The maximum atomic E-state index is 4.61. The Hall–Kier alpha value is -0.840. The molecule has 1 aliphatic rings. The minimum atomic E-state index is 0.564. The van der Waals surface area contributed by atoms with Crippen molar-refractivity contribution < 1.29 is 0 Å². The summed E-state index contributed by atoms with van der Waals surface area (Å²) in [5.74, 6) is 1.83. The third-order valence-corrected chi connectivity index (χ3v) is 3.88. The molecule has 1 saturated heterocycles. The molecule has 2 rings (SSSR count). The lowest BCUT2D eigenvalue weighted by atomic mass is 10.0. The van der Waals surface area contributed by atoms with Gasteiger partial charge in [0.1, 0.15) is 5.82 Å². The average molecular weight is 299 g/mol. The van der Waals surface area contributed by atoms with Crippen LogP contribution in [-0.4, -0.2) is 42.0 Å². The van der Waals surface area contributed by atoms with Crippen molar-refractivity contribution in [3.05, 3.63) is 12.3 Å². The van der Waals surface area contributed by atoms with Gasteiger partial charge in [0.25, 0.3) is 0 Å². The second kappa shape index (κ2) is 5.67. The fourth-order valence-corrected chi connectivity index (χ4v) is 2.85. The fraction of sp³-hybridized carbons (Fsp3) is 0.667. The molecule has 4 nitrogen and oxygen atoms in total. The van der Waals surface area contributed by atoms with E-state index in [0.717, 1.165) is 23.6 Å². The maximum absolute atomic E-state index is 4.61. The van der Waals surface area contributed by atoms with Crippen LogP contribution in [0.2, 0.25) is 0 Å². The minimum absolute atomic E-state index is 0.564. The van der Waals surface area contributed by atoms with E-state index >= 15 is 0 Å². The maximum Gasteiger partial charge on any atom is 0.226 e. The quantitative estimate of drug-likeness (QED) is 0.802. The molecule has 0 bridgehead atoms. The van der Waals surface area contributed by atoms with Crippen molar-refractivity contribution in [2.24, 2.45) is 0 Å². The molecule has 0 N–H and O–H groups in total. The number of piperidine rings is 1. The van der Waals surface area contributed by atoms with Gasteiger partial charge < -0.3 is 9.80 Å². The molecule has 17 heavy (non-hydrogen) atoms. The number of aromatic nitrogens is 2. The molecule has 1 fully saturated rings. The Morgan fingerprint density at radius 1 is 1.47 bits per heavy atom. The van der Waals surface area contributed by atoms with Crippen molar-refractivity contribution in [1.82, 2.24) is 9.97 Å². The van der Waals surface area contributed by atoms with E-state index in [9.17, 15) is 0 Å². The highest BCUT2D eigenvalue weighted by molar-refractivity contribution is 9.09. The molecule has 0 aromatic carbocycles. The van der Waals surface area contributed by atoms with Gasteiger partial charge in [0.15, 0.2) is 0 Å². The van der Waals surface area contributed by atoms with E-state index in [2.05, 4.69) is 30.8 Å². The van der Waals surface area contributed by atoms with Gasteiger partial charge in [0.05, 0.1) is 0 Å². The van der Waals surface area contributed by atoms with Crippen LogP contribution < -0.4 is 9.80 Å². The zero-order valence-electron chi connectivity index (χ0n) is 10.4. The Balaban J connectivity index is 2.22. The lowest BCUT2D eigenvalue weighted by Gasteiger charge is -2.35. The van der Waals surface area contributed by atoms with Gasteiger partial charge in [0, 0.05) is 38.2 Å². The van der Waals surface area contributed by atoms with E-state index in [4.69, 9.17) is 0 Å². The van der Waals surface area contributed by atoms with Crippen LogP contribution >= 0.6 is 15.9 Å². The van der Waals surface area contributed by atoms with Crippen LogP contribution in [0.3, 0.4) is 0 Å². The number of hydrogen-bond donors (Lipinski definition) is 0. The molecule has 1 aromatic heterocycles. The van der Waals surface area contributed by atoms with Crippen LogP contribution in [0, 0.1) is 0 Å². The number of hydrogen-bond acceptors (Lipinski definition) is 4. The Kier molecular flexibility index (Phi) is 4.20. The molecule has 1 unspecified atom stereocenters. The molecule has 5 heteroatoms. The van der Waals surface area contributed by atoms with Gasteiger partial charge in [-0.25, -0.2) is 4.98 Å². The van der Waals surface area contributed by atoms with Gasteiger partial charge in [-0.15, -0.1) is 0 Å². The lowest BCUT2D eigenvalue weighted by Crippen LogP contribution is -2.41. The van der Waals surface area contributed by atoms with Crippen molar-refractivity contribution >= 4 is 27.7 Å². The Bertz CT molecular complexity index is 369. The van der Waals surface area contributed by atoms with E-state index in [0.29, 0.717) is 6.04 Å². The van der Waals surface area contributed by atoms with Crippen molar-refractivity contribution in [2.45, 2.75) is 25.3 Å². The Labute approximate surface area is 111 Å². The largest absolute Gasteiger partial charge is 0.353 e. The molecule has 94 valence electrons. The van der Waals surface area contributed by atoms with Gasteiger partial charge in [-0.3, -0.25) is 0 Å². The molecule has 1 aromatic rings. The first-order valence-corrected chi connectivity index (χ1v) is 7.17. The standard InChI is InChI=1S/C12H19BrN4/c1-16(2)12-14-7-6-11(15-12)17-8-4-3-5-10(17)9-13/h6-7,10H,3-5,8-9H2,1-2H3. The molecule has 0 radical (unpaired) electrons. The van der Waals surface area contributed by atoms with Gasteiger partial charge in [0.2, 0.25) is 5.95 Å². The zero-order chi connectivity index (χ0) is 12.3. The first kappa shape index (κ1) is 12.6. The van der Waals surface area contributed by atoms with Crippen molar-refractivity contribution in [2.75, 3.05) is 35.8 Å². The molecule has 1 aliphatic heterocycles. The summed E-state index contributed by atoms with van der Waals surface area (Å²) in [6.45, 7) is 1.10. The van der Waals surface area contributed by atoms with E-state index in [1.807, 2.05) is 31.3 Å². The first-order chi connectivity index (χ1) is 8.22. The van der Waals surface area contributed by atoms with Gasteiger partial charge in [-0.2, -0.15) is 4.98 Å². The molecule has 1 atom stereocenters. The highest BCUT2D eigenvalue weighted by atomic mass is 79.9. The highest BCUT2D eigenvalue weighted by Gasteiger charge is 2.22. The summed E-state index contributed by atoms with van der Waals surface area (Å²) < 4.78 is 0. The fourth-order valence-electron chi connectivity index (χ4n) is 2.18. The second-order valence-electron chi connectivity index (χ2n) is 4.61. The van der Waals surface area contributed by atoms with Crippen LogP contribution in [0.5, 0.6) is 0 Å². The molecule has 2 heterocycles. The van der Waals surface area contributed by atoms with Crippen molar-refractivity contribution in [3.63, 3.8) is 0 Å². The molecular formula is C12H19BrN4. The summed E-state index contributed by atoms with van der Waals surface area (Å²) in [6.07, 6.45) is 5.66. The van der Waals surface area contributed by atoms with Crippen LogP contribution in [0.4, 0.5) is 11.8 Å². The molecule has 0 aliphatic carbocycles. The number of alkyl halides is 1. The summed E-state index contributed by atoms with van der Waals surface area (Å²) >= 11 is 3.60. The van der Waals surface area contributed by atoms with Crippen LogP contribution in [-0.2, 0) is 0 Å². The van der Waals surface area contributed by atoms with Crippen molar-refractivity contribution in [3.8, 4) is 0 Å². The number of nitrogens with zero attached hydrogens (tertiary/aromatic N) is 4. The zero-order valence-corrected chi connectivity index (χ0v) is 12.0. The van der Waals surface area contributed by atoms with Gasteiger partial charge in [-0.05, 0) is 25.3 Å². The molecular weight excluding hydrogens is 280 g/mol. The minimum Gasteiger partial charge on any atom is -0.353 e. The van der Waals surface area contributed by atoms with Crippen LogP contribution in [0.15, 0.2) is 12.3 Å². The van der Waals surface area contributed by atoms with Crippen molar-refractivity contribution in [1.29, 1.82) is 0 Å². The third kappa shape index (κ3) is 2.89. The second-order valence-corrected chi connectivity index (χ2v) is 5.25. The lowest BCUT2D eigenvalue weighted by molar-refractivity contribution is 0.487. The molecule has 0 saturated carbocycles. The Morgan fingerprint density at radius 3 is 3.00 bits per heavy atom. The number of rotatable bonds is 3. The third-order valence-electron chi connectivity index (χ3n) is 3.13. The smallest absolute Gasteiger partial charge is 0.226 e.